The molecule has 1 heterocycles. The lowest BCUT2D eigenvalue weighted by atomic mass is 10.4. The Kier molecular flexibility index (Phi) is 4.26. The molecule has 0 aliphatic rings. The van der Waals surface area contributed by atoms with E-state index in [-0.39, 0.29) is 6.54 Å². The number of amides is 2. The number of aromatic nitrogens is 1. The maximum absolute atomic E-state index is 11.5. The Morgan fingerprint density at radius 3 is 2.81 bits per heavy atom. The zero-order valence-electron chi connectivity index (χ0n) is 9.14. The maximum Gasteiger partial charge on any atom is 0.325 e. The Labute approximate surface area is 93.2 Å². The van der Waals surface area contributed by atoms with Gasteiger partial charge in [-0.15, -0.1) is 0 Å². The Bertz CT molecular complexity index is 367. The summed E-state index contributed by atoms with van der Waals surface area (Å²) in [5.74, 6) is -0.0390. The number of methoxy groups -OCH3 is 1. The number of nitrogens with one attached hydrogen (secondary N) is 1. The number of anilines is 1. The highest BCUT2D eigenvalue weighted by molar-refractivity contribution is 5.90. The average Bonchev–Trinajstić information content (AvgIpc) is 2.30. The fraction of sp³-hybridized carbons (Fsp3) is 0.300. The SMILES string of the molecule is COC(=O)CN(C)C(=O)Nc1ccccn1. The second-order valence-electron chi connectivity index (χ2n) is 3.08. The van der Waals surface area contributed by atoms with Crippen LogP contribution >= 0.6 is 0 Å². The predicted molar refractivity (Wildman–Crippen MR) is 57.9 cm³/mol. The normalized spacial score (nSPS) is 9.38. The quantitative estimate of drug-likeness (QED) is 0.766. The number of likely N-dealkylation sites (N-methyl/N-ethyl adjacent to an activating group) is 1. The minimum Gasteiger partial charge on any atom is -0.468 e. The van der Waals surface area contributed by atoms with Gasteiger partial charge < -0.3 is 9.64 Å². The number of carbonyl (C=O) groups is 2. The minimum absolute atomic E-state index is 0.102. The Balaban J connectivity index is 2.49. The molecule has 0 saturated carbocycles. The van der Waals surface area contributed by atoms with Crippen molar-refractivity contribution in [3.63, 3.8) is 0 Å². The second-order valence-corrected chi connectivity index (χ2v) is 3.08. The minimum atomic E-state index is -0.473. The molecular formula is C10H13N3O3. The topological polar surface area (TPSA) is 71.5 Å². The summed E-state index contributed by atoms with van der Waals surface area (Å²) in [4.78, 5) is 27.6. The molecule has 2 amide bonds. The van der Waals surface area contributed by atoms with Gasteiger partial charge in [0.05, 0.1) is 7.11 Å². The van der Waals surface area contributed by atoms with Crippen LogP contribution in [0.5, 0.6) is 0 Å². The molecule has 1 aromatic heterocycles. The van der Waals surface area contributed by atoms with E-state index in [1.54, 1.807) is 24.4 Å². The van der Waals surface area contributed by atoms with Crippen molar-refractivity contribution in [1.82, 2.24) is 9.88 Å². The molecule has 0 saturated heterocycles. The maximum atomic E-state index is 11.5. The van der Waals surface area contributed by atoms with Crippen LogP contribution in [-0.2, 0) is 9.53 Å². The molecular weight excluding hydrogens is 210 g/mol. The van der Waals surface area contributed by atoms with Crippen molar-refractivity contribution in [3.8, 4) is 0 Å². The molecule has 1 rings (SSSR count). The number of rotatable bonds is 3. The van der Waals surface area contributed by atoms with Crippen LogP contribution in [0.3, 0.4) is 0 Å². The number of ether oxygens (including phenoxy) is 1. The Morgan fingerprint density at radius 2 is 2.25 bits per heavy atom. The summed E-state index contributed by atoms with van der Waals surface area (Å²) in [5, 5.41) is 2.54. The summed E-state index contributed by atoms with van der Waals surface area (Å²) < 4.78 is 4.45. The van der Waals surface area contributed by atoms with Crippen molar-refractivity contribution < 1.29 is 14.3 Å². The number of carbonyl (C=O) groups excluding carboxylic acids is 2. The van der Waals surface area contributed by atoms with Crippen molar-refractivity contribution in [3.05, 3.63) is 24.4 Å². The highest BCUT2D eigenvalue weighted by Gasteiger charge is 2.12. The van der Waals surface area contributed by atoms with Gasteiger partial charge in [0, 0.05) is 13.2 Å². The first-order valence-electron chi connectivity index (χ1n) is 4.63. The summed E-state index contributed by atoms with van der Waals surface area (Å²) in [6.07, 6.45) is 1.57. The summed E-state index contributed by atoms with van der Waals surface area (Å²) in [7, 11) is 2.77. The lowest BCUT2D eigenvalue weighted by molar-refractivity contribution is -0.140. The van der Waals surface area contributed by atoms with Crippen molar-refractivity contribution in [2.45, 2.75) is 0 Å². The molecule has 0 unspecified atom stereocenters. The van der Waals surface area contributed by atoms with Crippen molar-refractivity contribution in [2.24, 2.45) is 0 Å². The van der Waals surface area contributed by atoms with Crippen LogP contribution in [0.4, 0.5) is 10.6 Å². The summed E-state index contributed by atoms with van der Waals surface area (Å²) in [5.41, 5.74) is 0. The standard InChI is InChI=1S/C10H13N3O3/c1-13(7-9(14)16-2)10(15)12-8-5-3-4-6-11-8/h3-6H,7H2,1-2H3,(H,11,12,15). The highest BCUT2D eigenvalue weighted by Crippen LogP contribution is 2.01. The number of hydrogen-bond acceptors (Lipinski definition) is 4. The molecule has 0 atom stereocenters. The van der Waals surface area contributed by atoms with E-state index in [1.165, 1.54) is 19.1 Å². The van der Waals surface area contributed by atoms with Gasteiger partial charge in [-0.1, -0.05) is 6.07 Å². The van der Waals surface area contributed by atoms with E-state index in [0.717, 1.165) is 0 Å². The number of hydrogen-bond donors (Lipinski definition) is 1. The van der Waals surface area contributed by atoms with E-state index in [1.807, 2.05) is 0 Å². The lowest BCUT2D eigenvalue weighted by Gasteiger charge is -2.15. The van der Waals surface area contributed by atoms with E-state index >= 15 is 0 Å². The zero-order valence-corrected chi connectivity index (χ0v) is 9.14. The Morgan fingerprint density at radius 1 is 1.50 bits per heavy atom. The van der Waals surface area contributed by atoms with Gasteiger partial charge in [0.2, 0.25) is 0 Å². The number of urea groups is 1. The van der Waals surface area contributed by atoms with E-state index in [0.29, 0.717) is 5.82 Å². The number of esters is 1. The number of nitrogens with zero attached hydrogens (tertiary/aromatic N) is 2. The van der Waals surface area contributed by atoms with Crippen molar-refractivity contribution in [2.75, 3.05) is 26.0 Å². The first-order valence-corrected chi connectivity index (χ1v) is 4.63. The largest absolute Gasteiger partial charge is 0.468 e. The second kappa shape index (κ2) is 5.69. The van der Waals surface area contributed by atoms with Crippen LogP contribution in [0.2, 0.25) is 0 Å². The van der Waals surface area contributed by atoms with Gasteiger partial charge in [-0.3, -0.25) is 10.1 Å². The van der Waals surface area contributed by atoms with Crippen LogP contribution < -0.4 is 5.32 Å². The third-order valence-corrected chi connectivity index (χ3v) is 1.84. The van der Waals surface area contributed by atoms with Crippen molar-refractivity contribution in [1.29, 1.82) is 0 Å². The molecule has 0 spiro atoms. The fourth-order valence-corrected chi connectivity index (χ4v) is 0.972. The molecule has 0 aliphatic carbocycles. The molecule has 0 aromatic carbocycles. The first kappa shape index (κ1) is 12.0. The van der Waals surface area contributed by atoms with Crippen LogP contribution in [-0.4, -0.2) is 42.6 Å². The van der Waals surface area contributed by atoms with E-state index in [9.17, 15) is 9.59 Å². The molecule has 0 aliphatic heterocycles. The lowest BCUT2D eigenvalue weighted by Crippen LogP contribution is -2.36. The highest BCUT2D eigenvalue weighted by atomic mass is 16.5. The van der Waals surface area contributed by atoms with Gasteiger partial charge in [0.25, 0.3) is 0 Å². The van der Waals surface area contributed by atoms with Crippen LogP contribution in [0, 0.1) is 0 Å². The van der Waals surface area contributed by atoms with Gasteiger partial charge >= 0.3 is 12.0 Å². The van der Waals surface area contributed by atoms with Gasteiger partial charge in [0.15, 0.2) is 0 Å². The zero-order chi connectivity index (χ0) is 12.0. The molecule has 16 heavy (non-hydrogen) atoms. The Hall–Kier alpha value is -2.11. The van der Waals surface area contributed by atoms with Gasteiger partial charge in [-0.2, -0.15) is 0 Å². The predicted octanol–water partition coefficient (Wildman–Crippen LogP) is 0.718. The molecule has 1 aromatic rings. The smallest absolute Gasteiger partial charge is 0.325 e. The third-order valence-electron chi connectivity index (χ3n) is 1.84. The summed E-state index contributed by atoms with van der Waals surface area (Å²) in [6.45, 7) is -0.102. The molecule has 0 fully saturated rings. The monoisotopic (exact) mass is 223 g/mol. The summed E-state index contributed by atoms with van der Waals surface area (Å²) in [6, 6.07) is 4.74. The third kappa shape index (κ3) is 3.56. The van der Waals surface area contributed by atoms with E-state index < -0.39 is 12.0 Å². The molecule has 6 nitrogen and oxygen atoms in total. The molecule has 0 radical (unpaired) electrons. The van der Waals surface area contributed by atoms with Crippen LogP contribution in [0.15, 0.2) is 24.4 Å². The van der Waals surface area contributed by atoms with E-state index in [2.05, 4.69) is 15.0 Å². The molecule has 86 valence electrons. The van der Waals surface area contributed by atoms with Crippen LogP contribution in [0.1, 0.15) is 0 Å². The molecule has 0 bridgehead atoms. The molecule has 6 heteroatoms. The van der Waals surface area contributed by atoms with E-state index in [4.69, 9.17) is 0 Å². The van der Waals surface area contributed by atoms with Gasteiger partial charge in [-0.05, 0) is 12.1 Å². The first-order chi connectivity index (χ1) is 7.63. The number of pyridine rings is 1. The fourth-order valence-electron chi connectivity index (χ4n) is 0.972. The molecule has 1 N–H and O–H groups in total. The van der Waals surface area contributed by atoms with Gasteiger partial charge in [0.1, 0.15) is 12.4 Å². The van der Waals surface area contributed by atoms with Crippen LogP contribution in [0.25, 0.3) is 0 Å². The van der Waals surface area contributed by atoms with Crippen molar-refractivity contribution >= 4 is 17.8 Å². The van der Waals surface area contributed by atoms with Gasteiger partial charge in [-0.25, -0.2) is 9.78 Å². The summed E-state index contributed by atoms with van der Waals surface area (Å²) >= 11 is 0. The average molecular weight is 223 g/mol.